The second-order valence-electron chi connectivity index (χ2n) is 8.56. The van der Waals surface area contributed by atoms with Gasteiger partial charge in [-0.25, -0.2) is 9.37 Å². The van der Waals surface area contributed by atoms with Gasteiger partial charge < -0.3 is 14.7 Å². The summed E-state index contributed by atoms with van der Waals surface area (Å²) in [7, 11) is 2.17. The molecule has 32 heavy (non-hydrogen) atoms. The van der Waals surface area contributed by atoms with Crippen molar-refractivity contribution in [1.82, 2.24) is 14.5 Å². The van der Waals surface area contributed by atoms with Crippen molar-refractivity contribution in [3.63, 3.8) is 0 Å². The minimum absolute atomic E-state index is 0.0852. The minimum Gasteiger partial charge on any atom is -0.490 e. The zero-order valence-electron chi connectivity index (χ0n) is 17.9. The molecule has 2 fully saturated rings. The van der Waals surface area contributed by atoms with Crippen LogP contribution in [0.15, 0.2) is 35.4 Å². The second kappa shape index (κ2) is 8.32. The van der Waals surface area contributed by atoms with Crippen LogP contribution in [-0.2, 0) is 0 Å². The molecular formula is C24H24FN3O3S. The van der Waals surface area contributed by atoms with Crippen molar-refractivity contribution in [3.05, 3.63) is 51.6 Å². The normalized spacial score (nSPS) is 23.7. The van der Waals surface area contributed by atoms with E-state index in [0.717, 1.165) is 12.8 Å². The molecule has 166 valence electrons. The molecule has 1 N–H and O–H groups in total. The fraction of sp³-hybridized carbons (Fsp3) is 0.417. The molecule has 4 atom stereocenters. The first-order chi connectivity index (χ1) is 15.4. The van der Waals surface area contributed by atoms with E-state index in [-0.39, 0.29) is 17.4 Å². The average Bonchev–Trinajstić information content (AvgIpc) is 3.25. The molecule has 0 saturated carbocycles. The Kier molecular flexibility index (Phi) is 5.49. The predicted octanol–water partition coefficient (Wildman–Crippen LogP) is 3.32. The molecule has 2 saturated heterocycles. The molecule has 0 amide bonds. The lowest BCUT2D eigenvalue weighted by atomic mass is 10.0. The molecule has 2 aliphatic rings. The standard InChI is InChI=1S/C24H24FN3O3S/c1-14(29)3-7-19-12-21-23(32-19)24(30)28(13-26-21)22-8-6-17(11-20(22)25)31-18-9-15-4-5-16(10-18)27(15)2/h6,8,11-16,18,29H,4-5,9-10H2,1-2H3/t14?,15-,16+,18+. The Balaban J connectivity index is 1.40. The number of nitrogens with zero attached hydrogens (tertiary/aromatic N) is 3. The van der Waals surface area contributed by atoms with Gasteiger partial charge in [0.05, 0.1) is 16.1 Å². The monoisotopic (exact) mass is 453 g/mol. The molecule has 0 aliphatic carbocycles. The molecule has 2 aromatic heterocycles. The Morgan fingerprint density at radius 1 is 1.28 bits per heavy atom. The number of aliphatic hydroxyl groups excluding tert-OH is 1. The number of thiophene rings is 1. The van der Waals surface area contributed by atoms with Gasteiger partial charge in [-0.3, -0.25) is 9.36 Å². The highest BCUT2D eigenvalue weighted by molar-refractivity contribution is 7.19. The summed E-state index contributed by atoms with van der Waals surface area (Å²) in [5, 5.41) is 9.33. The van der Waals surface area contributed by atoms with Crippen LogP contribution in [0.2, 0.25) is 0 Å². The Bertz CT molecular complexity index is 1280. The van der Waals surface area contributed by atoms with E-state index in [1.54, 1.807) is 25.1 Å². The number of piperidine rings is 1. The van der Waals surface area contributed by atoms with Crippen LogP contribution < -0.4 is 10.3 Å². The van der Waals surface area contributed by atoms with Gasteiger partial charge in [-0.1, -0.05) is 11.8 Å². The van der Waals surface area contributed by atoms with E-state index in [2.05, 4.69) is 28.8 Å². The van der Waals surface area contributed by atoms with Crippen molar-refractivity contribution in [3.8, 4) is 23.3 Å². The van der Waals surface area contributed by atoms with E-state index < -0.39 is 11.9 Å². The van der Waals surface area contributed by atoms with Crippen molar-refractivity contribution in [1.29, 1.82) is 0 Å². The van der Waals surface area contributed by atoms with Crippen LogP contribution in [0.3, 0.4) is 0 Å². The predicted molar refractivity (Wildman–Crippen MR) is 122 cm³/mol. The molecule has 6 nitrogen and oxygen atoms in total. The van der Waals surface area contributed by atoms with Crippen LogP contribution in [0, 0.1) is 17.7 Å². The minimum atomic E-state index is -0.760. The maximum atomic E-state index is 15.0. The topological polar surface area (TPSA) is 67.6 Å². The largest absolute Gasteiger partial charge is 0.490 e. The number of ether oxygens (including phenoxy) is 1. The van der Waals surface area contributed by atoms with Crippen LogP contribution in [0.5, 0.6) is 5.75 Å². The molecule has 8 heteroatoms. The summed E-state index contributed by atoms with van der Waals surface area (Å²) in [5.74, 6) is 5.43. The van der Waals surface area contributed by atoms with Gasteiger partial charge in [0.1, 0.15) is 29.0 Å². The molecule has 2 aliphatic heterocycles. The van der Waals surface area contributed by atoms with Gasteiger partial charge in [-0.15, -0.1) is 11.3 Å². The summed E-state index contributed by atoms with van der Waals surface area (Å²) in [4.78, 5) is 20.3. The van der Waals surface area contributed by atoms with Gasteiger partial charge in [-0.05, 0) is 57.9 Å². The summed E-state index contributed by atoms with van der Waals surface area (Å²) in [6, 6.07) is 7.40. The summed E-state index contributed by atoms with van der Waals surface area (Å²) in [6.45, 7) is 1.57. The third-order valence-corrected chi connectivity index (χ3v) is 7.41. The average molecular weight is 454 g/mol. The Morgan fingerprint density at radius 3 is 2.72 bits per heavy atom. The fourth-order valence-corrected chi connectivity index (χ4v) is 5.63. The molecule has 1 unspecified atom stereocenters. The first kappa shape index (κ1) is 21.1. The van der Waals surface area contributed by atoms with E-state index in [4.69, 9.17) is 4.74 Å². The molecule has 4 heterocycles. The van der Waals surface area contributed by atoms with Gasteiger partial charge in [0.15, 0.2) is 5.82 Å². The van der Waals surface area contributed by atoms with Gasteiger partial charge in [-0.2, -0.15) is 0 Å². The molecule has 3 aromatic rings. The maximum absolute atomic E-state index is 15.0. The number of benzene rings is 1. The zero-order chi connectivity index (χ0) is 22.4. The third kappa shape index (κ3) is 3.92. The SMILES string of the molecule is CC(O)C#Cc1cc2ncn(-c3ccc(O[C@H]4C[C@H]5CC[C@@H](C4)N5C)cc3F)c(=O)c2s1. The van der Waals surface area contributed by atoms with Crippen LogP contribution in [0.4, 0.5) is 4.39 Å². The van der Waals surface area contributed by atoms with Crippen molar-refractivity contribution in [2.45, 2.75) is 56.9 Å². The van der Waals surface area contributed by atoms with Gasteiger partial charge in [0, 0.05) is 18.2 Å². The van der Waals surface area contributed by atoms with Crippen molar-refractivity contribution < 1.29 is 14.2 Å². The van der Waals surface area contributed by atoms with Crippen LogP contribution >= 0.6 is 11.3 Å². The Labute approximate surface area is 189 Å². The quantitative estimate of drug-likeness (QED) is 0.617. The highest BCUT2D eigenvalue weighted by atomic mass is 32.1. The number of aliphatic hydroxyl groups is 1. The van der Waals surface area contributed by atoms with E-state index in [0.29, 0.717) is 32.9 Å². The number of hydrogen-bond donors (Lipinski definition) is 1. The lowest BCUT2D eigenvalue weighted by molar-refractivity contribution is 0.0660. The van der Waals surface area contributed by atoms with Crippen LogP contribution in [0.25, 0.3) is 15.9 Å². The van der Waals surface area contributed by atoms with E-state index >= 15 is 0 Å². The third-order valence-electron chi connectivity index (χ3n) is 6.38. The summed E-state index contributed by atoms with van der Waals surface area (Å²) in [5.41, 5.74) is 0.276. The van der Waals surface area contributed by atoms with Crippen molar-refractivity contribution in [2.24, 2.45) is 0 Å². The highest BCUT2D eigenvalue weighted by Crippen LogP contribution is 2.36. The first-order valence-corrected chi connectivity index (χ1v) is 11.6. The zero-order valence-corrected chi connectivity index (χ0v) is 18.7. The number of rotatable bonds is 3. The van der Waals surface area contributed by atoms with E-state index in [9.17, 15) is 14.3 Å². The molecule has 0 spiro atoms. The van der Waals surface area contributed by atoms with Crippen molar-refractivity contribution in [2.75, 3.05) is 7.05 Å². The number of hydrogen-bond acceptors (Lipinski definition) is 6. The summed E-state index contributed by atoms with van der Waals surface area (Å²) in [6.07, 6.45) is 4.95. The van der Waals surface area contributed by atoms with Gasteiger partial charge >= 0.3 is 0 Å². The molecule has 0 radical (unpaired) electrons. The number of halogens is 1. The van der Waals surface area contributed by atoms with Crippen LogP contribution in [0.1, 0.15) is 37.5 Å². The first-order valence-electron chi connectivity index (χ1n) is 10.8. The smallest absolute Gasteiger partial charge is 0.275 e. The lowest BCUT2D eigenvalue weighted by Gasteiger charge is -2.36. The highest BCUT2D eigenvalue weighted by Gasteiger charge is 2.39. The van der Waals surface area contributed by atoms with Crippen LogP contribution in [-0.4, -0.2) is 50.9 Å². The van der Waals surface area contributed by atoms with E-state index in [1.807, 2.05) is 0 Å². The molecule has 2 bridgehead atoms. The molecule has 5 rings (SSSR count). The lowest BCUT2D eigenvalue weighted by Crippen LogP contribution is -2.43. The summed E-state index contributed by atoms with van der Waals surface area (Å²) >= 11 is 1.18. The maximum Gasteiger partial charge on any atom is 0.275 e. The van der Waals surface area contributed by atoms with Gasteiger partial charge in [0.2, 0.25) is 0 Å². The molecule has 1 aromatic carbocycles. The Hall–Kier alpha value is -2.73. The van der Waals surface area contributed by atoms with Crippen molar-refractivity contribution >= 4 is 21.6 Å². The Morgan fingerprint density at radius 2 is 2.03 bits per heavy atom. The molecular weight excluding hydrogens is 429 g/mol. The second-order valence-corrected chi connectivity index (χ2v) is 9.62. The fourth-order valence-electron chi connectivity index (χ4n) is 4.73. The number of fused-ring (bicyclic) bond motifs is 3. The number of aromatic nitrogens is 2. The van der Waals surface area contributed by atoms with Gasteiger partial charge in [0.25, 0.3) is 5.56 Å². The van der Waals surface area contributed by atoms with E-state index in [1.165, 1.54) is 41.1 Å². The summed E-state index contributed by atoms with van der Waals surface area (Å²) < 4.78 is 22.7.